The lowest BCUT2D eigenvalue weighted by atomic mass is 10.2. The van der Waals surface area contributed by atoms with E-state index in [-0.39, 0.29) is 42.4 Å². The van der Waals surface area contributed by atoms with Crippen molar-refractivity contribution in [3.8, 4) is 0 Å². The monoisotopic (exact) mass is 408 g/mol. The van der Waals surface area contributed by atoms with Crippen LogP contribution in [-0.4, -0.2) is 56.0 Å². The zero-order valence-corrected chi connectivity index (χ0v) is 16.3. The number of nitrogens with zero attached hydrogens (tertiary/aromatic N) is 2. The number of carbonyl (C=O) groups is 2. The van der Waals surface area contributed by atoms with Gasteiger partial charge in [0.15, 0.2) is 0 Å². The highest BCUT2D eigenvalue weighted by Gasteiger charge is 2.21. The summed E-state index contributed by atoms with van der Waals surface area (Å²) in [6, 6.07) is 6.40. The van der Waals surface area contributed by atoms with Crippen molar-refractivity contribution < 1.29 is 14.0 Å². The molecule has 2 rings (SSSR count). The molecule has 0 radical (unpaired) electrons. The molecule has 0 unspecified atom stereocenters. The number of halogens is 3. The van der Waals surface area contributed by atoms with Crippen LogP contribution in [0.3, 0.4) is 0 Å². The van der Waals surface area contributed by atoms with Gasteiger partial charge in [0.2, 0.25) is 11.8 Å². The van der Waals surface area contributed by atoms with Gasteiger partial charge in [0.25, 0.3) is 0 Å². The summed E-state index contributed by atoms with van der Waals surface area (Å²) in [5.74, 6) is -0.261. The van der Waals surface area contributed by atoms with Crippen LogP contribution < -0.4 is 16.0 Å². The van der Waals surface area contributed by atoms with Crippen molar-refractivity contribution in [3.05, 3.63) is 30.1 Å². The van der Waals surface area contributed by atoms with Gasteiger partial charge >= 0.3 is 0 Å². The molecule has 0 bridgehead atoms. The molecule has 1 saturated heterocycles. The molecule has 1 aromatic carbocycles. The fraction of sp³-hybridized carbons (Fsp3) is 0.529. The molecule has 6 nitrogen and oxygen atoms in total. The number of piperazine rings is 1. The third kappa shape index (κ3) is 7.76. The van der Waals surface area contributed by atoms with Crippen LogP contribution in [0.5, 0.6) is 0 Å². The Morgan fingerprint density at radius 2 is 1.65 bits per heavy atom. The van der Waals surface area contributed by atoms with Gasteiger partial charge in [-0.05, 0) is 37.2 Å². The molecular weight excluding hydrogens is 382 g/mol. The minimum Gasteiger partial charge on any atom is -0.368 e. The van der Waals surface area contributed by atoms with Crippen LogP contribution in [0.25, 0.3) is 0 Å². The maximum atomic E-state index is 13.0. The summed E-state index contributed by atoms with van der Waals surface area (Å²) in [6.45, 7) is 3.57. The van der Waals surface area contributed by atoms with Gasteiger partial charge in [-0.2, -0.15) is 0 Å². The maximum absolute atomic E-state index is 13.0. The summed E-state index contributed by atoms with van der Waals surface area (Å²) in [7, 11) is 0. The van der Waals surface area contributed by atoms with E-state index in [0.717, 1.165) is 18.8 Å². The van der Waals surface area contributed by atoms with Crippen molar-refractivity contribution in [2.24, 2.45) is 5.73 Å². The number of rotatable bonds is 7. The van der Waals surface area contributed by atoms with Crippen molar-refractivity contribution in [2.75, 3.05) is 44.2 Å². The Morgan fingerprint density at radius 3 is 2.23 bits per heavy atom. The number of nitrogens with two attached hydrogens (primary N) is 1. The Bertz CT molecular complexity index is 552. The minimum atomic E-state index is -0.249. The molecule has 3 N–H and O–H groups in total. The fourth-order valence-corrected chi connectivity index (χ4v) is 2.68. The minimum absolute atomic E-state index is 0. The van der Waals surface area contributed by atoms with Crippen molar-refractivity contribution in [3.63, 3.8) is 0 Å². The third-order valence-electron chi connectivity index (χ3n) is 4.09. The number of hydrogen-bond donors (Lipinski definition) is 2. The van der Waals surface area contributed by atoms with Gasteiger partial charge in [0.05, 0.1) is 0 Å². The first-order chi connectivity index (χ1) is 11.6. The molecule has 148 valence electrons. The summed E-state index contributed by atoms with van der Waals surface area (Å²) < 4.78 is 13.0. The second-order valence-corrected chi connectivity index (χ2v) is 5.84. The summed E-state index contributed by atoms with van der Waals surface area (Å²) >= 11 is 0. The lowest BCUT2D eigenvalue weighted by molar-refractivity contribution is -0.131. The van der Waals surface area contributed by atoms with Crippen LogP contribution >= 0.6 is 24.8 Å². The Labute approximate surface area is 166 Å². The van der Waals surface area contributed by atoms with Crippen molar-refractivity contribution in [2.45, 2.75) is 19.3 Å². The molecule has 0 aromatic heterocycles. The molecular formula is C17H27Cl2FN4O2. The Balaban J connectivity index is 0.00000312. The Kier molecular flexibility index (Phi) is 12.0. The average Bonchev–Trinajstić information content (AvgIpc) is 2.60. The molecule has 0 saturated carbocycles. The smallest absolute Gasteiger partial charge is 0.224 e. The highest BCUT2D eigenvalue weighted by Crippen LogP contribution is 2.17. The molecule has 1 aromatic rings. The van der Waals surface area contributed by atoms with Crippen LogP contribution in [0.15, 0.2) is 24.3 Å². The summed E-state index contributed by atoms with van der Waals surface area (Å²) in [6.07, 6.45) is 1.37. The molecule has 1 aliphatic heterocycles. The topological polar surface area (TPSA) is 78.7 Å². The number of nitrogens with one attached hydrogen (secondary N) is 1. The lowest BCUT2D eigenvalue weighted by Crippen LogP contribution is -2.49. The number of anilines is 1. The molecule has 1 aliphatic rings. The summed E-state index contributed by atoms with van der Waals surface area (Å²) in [4.78, 5) is 27.6. The number of amides is 2. The van der Waals surface area contributed by atoms with Crippen LogP contribution in [0.2, 0.25) is 0 Å². The number of carbonyl (C=O) groups excluding carboxylic acids is 2. The Hall–Kier alpha value is -1.57. The zero-order valence-electron chi connectivity index (χ0n) is 14.7. The first-order valence-electron chi connectivity index (χ1n) is 8.35. The van der Waals surface area contributed by atoms with E-state index in [1.807, 2.05) is 4.90 Å². The highest BCUT2D eigenvalue weighted by molar-refractivity contribution is 5.85. The molecule has 26 heavy (non-hydrogen) atoms. The highest BCUT2D eigenvalue weighted by atomic mass is 35.5. The van der Waals surface area contributed by atoms with E-state index in [0.29, 0.717) is 45.4 Å². The van der Waals surface area contributed by atoms with E-state index in [9.17, 15) is 14.0 Å². The largest absolute Gasteiger partial charge is 0.368 e. The molecule has 2 amide bonds. The van der Waals surface area contributed by atoms with Crippen LogP contribution in [-0.2, 0) is 9.59 Å². The number of hydrogen-bond acceptors (Lipinski definition) is 4. The first kappa shape index (κ1) is 24.4. The molecule has 9 heteroatoms. The van der Waals surface area contributed by atoms with E-state index < -0.39 is 0 Å². The normalized spacial score (nSPS) is 13.5. The standard InChI is InChI=1S/C17H25FN4O2.2ClH/c18-14-3-5-15(6-4-14)21-10-12-22(13-11-21)17(24)7-9-20-16(23)2-1-8-19;;/h3-6H,1-2,7-13,19H2,(H,20,23);2*1H. The van der Waals surface area contributed by atoms with Gasteiger partial charge < -0.3 is 20.9 Å². The summed E-state index contributed by atoms with van der Waals surface area (Å²) in [5.41, 5.74) is 6.32. The van der Waals surface area contributed by atoms with Crippen LogP contribution in [0.1, 0.15) is 19.3 Å². The van der Waals surface area contributed by atoms with Crippen LogP contribution in [0, 0.1) is 5.82 Å². The SMILES string of the molecule is Cl.Cl.NCCCC(=O)NCCC(=O)N1CCN(c2ccc(F)cc2)CC1. The van der Waals surface area contributed by atoms with Crippen molar-refractivity contribution in [1.82, 2.24) is 10.2 Å². The van der Waals surface area contributed by atoms with Gasteiger partial charge in [-0.15, -0.1) is 24.8 Å². The van der Waals surface area contributed by atoms with Gasteiger partial charge in [0, 0.05) is 51.3 Å². The fourth-order valence-electron chi connectivity index (χ4n) is 2.68. The van der Waals surface area contributed by atoms with E-state index in [4.69, 9.17) is 5.73 Å². The molecule has 1 heterocycles. The predicted octanol–water partition coefficient (Wildman–Crippen LogP) is 1.56. The van der Waals surface area contributed by atoms with Crippen molar-refractivity contribution >= 4 is 42.3 Å². The van der Waals surface area contributed by atoms with Gasteiger partial charge in [-0.1, -0.05) is 0 Å². The third-order valence-corrected chi connectivity index (χ3v) is 4.09. The van der Waals surface area contributed by atoms with Gasteiger partial charge in [-0.25, -0.2) is 4.39 Å². The summed E-state index contributed by atoms with van der Waals surface area (Å²) in [5, 5.41) is 2.74. The van der Waals surface area contributed by atoms with E-state index in [1.54, 1.807) is 12.1 Å². The Morgan fingerprint density at radius 1 is 1.04 bits per heavy atom. The van der Waals surface area contributed by atoms with E-state index in [2.05, 4.69) is 10.2 Å². The molecule has 0 atom stereocenters. The van der Waals surface area contributed by atoms with Crippen LogP contribution in [0.4, 0.5) is 10.1 Å². The number of benzene rings is 1. The molecule has 0 spiro atoms. The first-order valence-corrected chi connectivity index (χ1v) is 8.35. The second-order valence-electron chi connectivity index (χ2n) is 5.84. The van der Waals surface area contributed by atoms with E-state index >= 15 is 0 Å². The molecule has 1 fully saturated rings. The van der Waals surface area contributed by atoms with Gasteiger partial charge in [-0.3, -0.25) is 9.59 Å². The van der Waals surface area contributed by atoms with Crippen molar-refractivity contribution in [1.29, 1.82) is 0 Å². The zero-order chi connectivity index (χ0) is 17.4. The maximum Gasteiger partial charge on any atom is 0.224 e. The van der Waals surface area contributed by atoms with Gasteiger partial charge in [0.1, 0.15) is 5.82 Å². The second kappa shape index (κ2) is 12.7. The average molecular weight is 409 g/mol. The predicted molar refractivity (Wildman–Crippen MR) is 106 cm³/mol. The lowest BCUT2D eigenvalue weighted by Gasteiger charge is -2.36. The quantitative estimate of drug-likeness (QED) is 0.717. The molecule has 0 aliphatic carbocycles. The van der Waals surface area contributed by atoms with E-state index in [1.165, 1.54) is 12.1 Å².